The Morgan fingerprint density at radius 3 is 2.83 bits per heavy atom. The first-order valence-electron chi connectivity index (χ1n) is 5.56. The average Bonchev–Trinajstić information content (AvgIpc) is 2.28. The Hall–Kier alpha value is -1.69. The minimum absolute atomic E-state index is 0.00896. The molecule has 0 fully saturated rings. The molecule has 100 valence electrons. The fraction of sp³-hybridized carbons (Fsp3) is 0.417. The lowest BCUT2D eigenvalue weighted by molar-refractivity contribution is -0.116. The largest absolute Gasteiger partial charge is 0.435 e. The summed E-state index contributed by atoms with van der Waals surface area (Å²) in [6.45, 7) is -0.606. The Labute approximate surface area is 104 Å². The van der Waals surface area contributed by atoms with Crippen LogP contribution in [0.25, 0.3) is 0 Å². The van der Waals surface area contributed by atoms with Gasteiger partial charge in [-0.05, 0) is 24.6 Å². The number of hydrogen-bond donors (Lipinski definition) is 2. The number of nitrogens with two attached hydrogens (primary N) is 1. The maximum absolute atomic E-state index is 12.0. The highest BCUT2D eigenvalue weighted by Crippen LogP contribution is 2.19. The molecule has 1 rings (SSSR count). The molecule has 4 nitrogen and oxygen atoms in total. The van der Waals surface area contributed by atoms with Crippen molar-refractivity contribution in [1.82, 2.24) is 0 Å². The van der Waals surface area contributed by atoms with E-state index in [1.165, 1.54) is 18.2 Å². The number of carbonyl (C=O) groups excluding carboxylic acids is 1. The molecular formula is C12H16F2N2O2. The number of halogens is 2. The van der Waals surface area contributed by atoms with Crippen molar-refractivity contribution in [2.75, 3.05) is 11.9 Å². The van der Waals surface area contributed by atoms with Crippen molar-refractivity contribution in [3.8, 4) is 5.75 Å². The summed E-state index contributed by atoms with van der Waals surface area (Å²) in [6.07, 6.45) is 0.288. The van der Waals surface area contributed by atoms with Crippen molar-refractivity contribution < 1.29 is 18.3 Å². The van der Waals surface area contributed by atoms with Crippen LogP contribution in [0.15, 0.2) is 24.3 Å². The highest BCUT2D eigenvalue weighted by molar-refractivity contribution is 5.91. The smallest absolute Gasteiger partial charge is 0.387 e. The molecule has 0 saturated carbocycles. The summed E-state index contributed by atoms with van der Waals surface area (Å²) in [6, 6.07) is 5.87. The molecular weight excluding hydrogens is 242 g/mol. The van der Waals surface area contributed by atoms with Crippen molar-refractivity contribution in [3.05, 3.63) is 24.3 Å². The third-order valence-corrected chi connectivity index (χ3v) is 2.28. The van der Waals surface area contributed by atoms with Crippen LogP contribution in [0.3, 0.4) is 0 Å². The van der Waals surface area contributed by atoms with E-state index in [2.05, 4.69) is 10.1 Å². The van der Waals surface area contributed by atoms with Crippen molar-refractivity contribution in [2.24, 2.45) is 11.7 Å². The second kappa shape index (κ2) is 6.90. The zero-order chi connectivity index (χ0) is 13.5. The first-order valence-corrected chi connectivity index (χ1v) is 5.56. The summed E-state index contributed by atoms with van der Waals surface area (Å²) in [5.41, 5.74) is 5.83. The van der Waals surface area contributed by atoms with E-state index < -0.39 is 6.61 Å². The van der Waals surface area contributed by atoms with Gasteiger partial charge in [0, 0.05) is 18.2 Å². The highest BCUT2D eigenvalue weighted by Gasteiger charge is 2.09. The Balaban J connectivity index is 2.59. The molecule has 0 aliphatic rings. The van der Waals surface area contributed by atoms with Crippen molar-refractivity contribution in [3.63, 3.8) is 0 Å². The second-order valence-electron chi connectivity index (χ2n) is 4.00. The van der Waals surface area contributed by atoms with Gasteiger partial charge in [0.15, 0.2) is 0 Å². The molecule has 0 saturated heterocycles. The van der Waals surface area contributed by atoms with Crippen LogP contribution in [0.2, 0.25) is 0 Å². The van der Waals surface area contributed by atoms with Crippen LogP contribution in [-0.4, -0.2) is 19.1 Å². The van der Waals surface area contributed by atoms with Crippen molar-refractivity contribution in [2.45, 2.75) is 20.0 Å². The summed E-state index contributed by atoms with van der Waals surface area (Å²) in [5.74, 6) is -0.123. The van der Waals surface area contributed by atoms with E-state index in [9.17, 15) is 13.6 Å². The molecule has 1 amide bonds. The van der Waals surface area contributed by atoms with Gasteiger partial charge in [-0.3, -0.25) is 4.79 Å². The van der Waals surface area contributed by atoms with Crippen LogP contribution in [0.1, 0.15) is 13.3 Å². The van der Waals surface area contributed by atoms with Gasteiger partial charge in [-0.25, -0.2) is 0 Å². The van der Waals surface area contributed by atoms with E-state index in [4.69, 9.17) is 5.73 Å². The molecule has 1 unspecified atom stereocenters. The van der Waals surface area contributed by atoms with Gasteiger partial charge < -0.3 is 15.8 Å². The molecule has 0 aliphatic heterocycles. The number of anilines is 1. The zero-order valence-electron chi connectivity index (χ0n) is 10.0. The van der Waals surface area contributed by atoms with Crippen LogP contribution in [0.5, 0.6) is 5.75 Å². The molecule has 0 heterocycles. The molecule has 0 radical (unpaired) electrons. The molecule has 1 atom stereocenters. The SMILES string of the molecule is CC(CN)CC(=O)Nc1cccc(OC(F)F)c1. The predicted molar refractivity (Wildman–Crippen MR) is 64.5 cm³/mol. The summed E-state index contributed by atoms with van der Waals surface area (Å²) in [4.78, 5) is 11.6. The number of amides is 1. The third-order valence-electron chi connectivity index (χ3n) is 2.28. The first-order chi connectivity index (χ1) is 8.51. The lowest BCUT2D eigenvalue weighted by Gasteiger charge is -2.10. The maximum Gasteiger partial charge on any atom is 0.387 e. The first kappa shape index (κ1) is 14.4. The zero-order valence-corrected chi connectivity index (χ0v) is 10.0. The monoisotopic (exact) mass is 258 g/mol. The number of rotatable bonds is 6. The van der Waals surface area contributed by atoms with Crippen LogP contribution in [0.4, 0.5) is 14.5 Å². The van der Waals surface area contributed by atoms with Gasteiger partial charge in [0.05, 0.1) is 0 Å². The van der Waals surface area contributed by atoms with Crippen molar-refractivity contribution >= 4 is 11.6 Å². The van der Waals surface area contributed by atoms with E-state index in [1.807, 2.05) is 6.92 Å². The average molecular weight is 258 g/mol. The number of carbonyl (C=O) groups is 1. The van der Waals surface area contributed by atoms with Crippen molar-refractivity contribution in [1.29, 1.82) is 0 Å². The molecule has 3 N–H and O–H groups in total. The molecule has 1 aromatic carbocycles. The number of hydrogen-bond acceptors (Lipinski definition) is 3. The lowest BCUT2D eigenvalue weighted by atomic mass is 10.1. The summed E-state index contributed by atoms with van der Waals surface area (Å²) in [5, 5.41) is 2.60. The lowest BCUT2D eigenvalue weighted by Crippen LogP contribution is -2.20. The van der Waals surface area contributed by atoms with Crippen LogP contribution < -0.4 is 15.8 Å². The fourth-order valence-corrected chi connectivity index (χ4v) is 1.36. The molecule has 0 bridgehead atoms. The predicted octanol–water partition coefficient (Wildman–Crippen LogP) is 2.21. The molecule has 1 aromatic rings. The van der Waals surface area contributed by atoms with Gasteiger partial charge in [-0.1, -0.05) is 13.0 Å². The topological polar surface area (TPSA) is 64.4 Å². The number of benzene rings is 1. The minimum Gasteiger partial charge on any atom is -0.435 e. The highest BCUT2D eigenvalue weighted by atomic mass is 19.3. The Morgan fingerprint density at radius 2 is 2.22 bits per heavy atom. The van der Waals surface area contributed by atoms with Gasteiger partial charge in [0.25, 0.3) is 0 Å². The maximum atomic E-state index is 12.0. The van der Waals surface area contributed by atoms with E-state index in [-0.39, 0.29) is 24.0 Å². The van der Waals surface area contributed by atoms with E-state index in [0.29, 0.717) is 12.2 Å². The van der Waals surface area contributed by atoms with Gasteiger partial charge >= 0.3 is 6.61 Å². The minimum atomic E-state index is -2.88. The Bertz CT molecular complexity index is 399. The molecule has 0 spiro atoms. The molecule has 0 aromatic heterocycles. The molecule has 18 heavy (non-hydrogen) atoms. The second-order valence-corrected chi connectivity index (χ2v) is 4.00. The molecule has 0 aliphatic carbocycles. The van der Waals surface area contributed by atoms with Crippen LogP contribution in [-0.2, 0) is 4.79 Å². The van der Waals surface area contributed by atoms with E-state index in [1.54, 1.807) is 6.07 Å². The van der Waals surface area contributed by atoms with Gasteiger partial charge in [-0.15, -0.1) is 0 Å². The quantitative estimate of drug-likeness (QED) is 0.822. The number of ether oxygens (including phenoxy) is 1. The van der Waals surface area contributed by atoms with Gasteiger partial charge in [0.2, 0.25) is 5.91 Å². The number of nitrogens with one attached hydrogen (secondary N) is 1. The summed E-state index contributed by atoms with van der Waals surface area (Å²) in [7, 11) is 0. The number of alkyl halides is 2. The summed E-state index contributed by atoms with van der Waals surface area (Å²) < 4.78 is 28.3. The standard InChI is InChI=1S/C12H16F2N2O2/c1-8(7-15)5-11(17)16-9-3-2-4-10(6-9)18-12(13)14/h2-4,6,8,12H,5,7,15H2,1H3,(H,16,17). The van der Waals surface area contributed by atoms with Gasteiger partial charge in [0.1, 0.15) is 5.75 Å². The Morgan fingerprint density at radius 1 is 1.50 bits per heavy atom. The third kappa shape index (κ3) is 5.09. The van der Waals surface area contributed by atoms with E-state index in [0.717, 1.165) is 0 Å². The van der Waals surface area contributed by atoms with Crippen LogP contribution in [0, 0.1) is 5.92 Å². The molecule has 6 heteroatoms. The van der Waals surface area contributed by atoms with Gasteiger partial charge in [-0.2, -0.15) is 8.78 Å². The normalized spacial score (nSPS) is 12.3. The summed E-state index contributed by atoms with van der Waals surface area (Å²) >= 11 is 0. The fourth-order valence-electron chi connectivity index (χ4n) is 1.36. The van der Waals surface area contributed by atoms with E-state index >= 15 is 0 Å². The Kier molecular flexibility index (Phi) is 5.51. The van der Waals surface area contributed by atoms with Crippen LogP contribution >= 0.6 is 0 Å².